The summed E-state index contributed by atoms with van der Waals surface area (Å²) in [5.41, 5.74) is 0.756. The largest absolute Gasteiger partial charge is 0.438 e. The van der Waals surface area contributed by atoms with E-state index in [-0.39, 0.29) is 23.3 Å². The van der Waals surface area contributed by atoms with E-state index in [9.17, 15) is 9.59 Å². The van der Waals surface area contributed by atoms with Gasteiger partial charge in [-0.3, -0.25) is 14.5 Å². The first-order valence-electron chi connectivity index (χ1n) is 9.75. The number of likely N-dealkylation sites (tertiary alicyclic amines) is 2. The summed E-state index contributed by atoms with van der Waals surface area (Å²) in [6.07, 6.45) is 4.04. The molecule has 3 aliphatic rings. The lowest BCUT2D eigenvalue weighted by Gasteiger charge is -2.39. The van der Waals surface area contributed by atoms with Gasteiger partial charge in [0, 0.05) is 32.7 Å². The van der Waals surface area contributed by atoms with Gasteiger partial charge in [-0.15, -0.1) is 0 Å². The lowest BCUT2D eigenvalue weighted by Crippen LogP contribution is -2.48. The highest BCUT2D eigenvalue weighted by Gasteiger charge is 2.48. The fraction of sp³-hybridized carbons (Fsp3) is 0.737. The molecule has 1 aromatic heterocycles. The summed E-state index contributed by atoms with van der Waals surface area (Å²) in [5, 5.41) is 0. The number of piperidine rings is 1. The van der Waals surface area contributed by atoms with Crippen LogP contribution in [0.5, 0.6) is 0 Å². The maximum Gasteiger partial charge on any atom is 0.291 e. The summed E-state index contributed by atoms with van der Waals surface area (Å²) in [7, 11) is 2.05. The van der Waals surface area contributed by atoms with Crippen LogP contribution < -0.4 is 0 Å². The molecule has 3 fully saturated rings. The molecule has 0 aliphatic carbocycles. The van der Waals surface area contributed by atoms with Crippen LogP contribution in [0.4, 0.5) is 0 Å². The van der Waals surface area contributed by atoms with Crippen LogP contribution >= 0.6 is 0 Å². The second-order valence-electron chi connectivity index (χ2n) is 8.13. The third kappa shape index (κ3) is 3.48. The molecule has 0 saturated carbocycles. The van der Waals surface area contributed by atoms with Crippen molar-refractivity contribution in [1.29, 1.82) is 0 Å². The SMILES string of the molecule is Cc1ncoc1C(=O)N1CCC2(CC1)CC(C(=O)N1CCOCC1)N(C)C2. The maximum absolute atomic E-state index is 12.9. The van der Waals surface area contributed by atoms with Gasteiger partial charge in [-0.05, 0) is 38.6 Å². The molecule has 27 heavy (non-hydrogen) atoms. The fourth-order valence-electron chi connectivity index (χ4n) is 4.74. The van der Waals surface area contributed by atoms with Gasteiger partial charge in [0.2, 0.25) is 11.7 Å². The van der Waals surface area contributed by atoms with Crippen molar-refractivity contribution in [3.8, 4) is 0 Å². The minimum absolute atomic E-state index is 0.0538. The van der Waals surface area contributed by atoms with Crippen LogP contribution in [0, 0.1) is 12.3 Å². The lowest BCUT2D eigenvalue weighted by atomic mass is 9.76. The van der Waals surface area contributed by atoms with Crippen molar-refractivity contribution in [2.45, 2.75) is 32.2 Å². The van der Waals surface area contributed by atoms with Crippen LogP contribution in [0.2, 0.25) is 0 Å². The third-order valence-corrected chi connectivity index (χ3v) is 6.40. The van der Waals surface area contributed by atoms with Gasteiger partial charge < -0.3 is 19.0 Å². The molecule has 0 aromatic carbocycles. The van der Waals surface area contributed by atoms with Crippen molar-refractivity contribution < 1.29 is 18.7 Å². The van der Waals surface area contributed by atoms with E-state index in [0.717, 1.165) is 25.8 Å². The Balaban J connectivity index is 1.37. The van der Waals surface area contributed by atoms with Gasteiger partial charge in [-0.2, -0.15) is 0 Å². The molecule has 0 N–H and O–H groups in total. The van der Waals surface area contributed by atoms with Gasteiger partial charge in [0.15, 0.2) is 6.39 Å². The molecule has 8 nitrogen and oxygen atoms in total. The molecule has 8 heteroatoms. The van der Waals surface area contributed by atoms with Crippen molar-refractivity contribution in [2.24, 2.45) is 5.41 Å². The summed E-state index contributed by atoms with van der Waals surface area (Å²) in [5.74, 6) is 0.496. The maximum atomic E-state index is 12.9. The highest BCUT2D eigenvalue weighted by Crippen LogP contribution is 2.43. The zero-order valence-electron chi connectivity index (χ0n) is 16.1. The van der Waals surface area contributed by atoms with Crippen LogP contribution in [0.3, 0.4) is 0 Å². The highest BCUT2D eigenvalue weighted by atomic mass is 16.5. The molecule has 3 aliphatic heterocycles. The number of aryl methyl sites for hydroxylation is 1. The van der Waals surface area contributed by atoms with Gasteiger partial charge >= 0.3 is 0 Å². The van der Waals surface area contributed by atoms with Crippen molar-refractivity contribution >= 4 is 11.8 Å². The Morgan fingerprint density at radius 1 is 1.15 bits per heavy atom. The number of carbonyl (C=O) groups is 2. The predicted molar refractivity (Wildman–Crippen MR) is 97.2 cm³/mol. The zero-order chi connectivity index (χ0) is 19.0. The number of likely N-dealkylation sites (N-methyl/N-ethyl adjacent to an activating group) is 1. The van der Waals surface area contributed by atoms with Crippen LogP contribution in [0.25, 0.3) is 0 Å². The first-order chi connectivity index (χ1) is 13.0. The van der Waals surface area contributed by atoms with Gasteiger partial charge in [-0.1, -0.05) is 0 Å². The molecular formula is C19H28N4O4. The number of amides is 2. The van der Waals surface area contributed by atoms with Crippen molar-refractivity contribution in [2.75, 3.05) is 53.0 Å². The van der Waals surface area contributed by atoms with Gasteiger partial charge in [0.1, 0.15) is 0 Å². The van der Waals surface area contributed by atoms with Crippen molar-refractivity contribution in [1.82, 2.24) is 19.7 Å². The Labute approximate surface area is 159 Å². The van der Waals surface area contributed by atoms with Gasteiger partial charge in [0.05, 0.1) is 24.9 Å². The van der Waals surface area contributed by atoms with Crippen molar-refractivity contribution in [3.05, 3.63) is 17.8 Å². The van der Waals surface area contributed by atoms with E-state index in [4.69, 9.17) is 9.15 Å². The van der Waals surface area contributed by atoms with E-state index < -0.39 is 0 Å². The number of morpholine rings is 1. The summed E-state index contributed by atoms with van der Waals surface area (Å²) in [6.45, 7) is 6.74. The van der Waals surface area contributed by atoms with E-state index in [2.05, 4.69) is 9.88 Å². The summed E-state index contributed by atoms with van der Waals surface area (Å²) in [4.78, 5) is 35.6. The molecule has 1 aromatic rings. The van der Waals surface area contributed by atoms with E-state index in [1.807, 2.05) is 16.8 Å². The first kappa shape index (κ1) is 18.4. The number of oxazole rings is 1. The Morgan fingerprint density at radius 3 is 2.48 bits per heavy atom. The third-order valence-electron chi connectivity index (χ3n) is 6.40. The number of hydrogen-bond acceptors (Lipinski definition) is 6. The van der Waals surface area contributed by atoms with E-state index in [1.54, 1.807) is 6.92 Å². The smallest absolute Gasteiger partial charge is 0.291 e. The normalized spacial score (nSPS) is 25.9. The molecule has 4 rings (SSSR count). The molecule has 1 atom stereocenters. The number of nitrogens with zero attached hydrogens (tertiary/aromatic N) is 4. The average molecular weight is 376 g/mol. The standard InChI is InChI=1S/C19H28N4O4/c1-14-16(27-13-20-14)18(25)22-5-3-19(4-6-22)11-15(21(2)12-19)17(24)23-7-9-26-10-8-23/h13,15H,3-12H2,1-2H3. The Morgan fingerprint density at radius 2 is 1.85 bits per heavy atom. The first-order valence-corrected chi connectivity index (χ1v) is 9.75. The summed E-state index contributed by atoms with van der Waals surface area (Å²) in [6, 6.07) is -0.0538. The molecule has 1 spiro atoms. The highest BCUT2D eigenvalue weighted by molar-refractivity contribution is 5.92. The lowest BCUT2D eigenvalue weighted by molar-refractivity contribution is -0.139. The molecule has 3 saturated heterocycles. The minimum Gasteiger partial charge on any atom is -0.438 e. The van der Waals surface area contributed by atoms with E-state index >= 15 is 0 Å². The number of ether oxygens (including phenoxy) is 1. The molecule has 1 unspecified atom stereocenters. The Bertz CT molecular complexity index is 704. The van der Waals surface area contributed by atoms with Crippen LogP contribution in [-0.4, -0.2) is 90.5 Å². The topological polar surface area (TPSA) is 79.1 Å². The molecule has 4 heterocycles. The molecule has 0 bridgehead atoms. The number of aromatic nitrogens is 1. The predicted octanol–water partition coefficient (Wildman–Crippen LogP) is 0.768. The monoisotopic (exact) mass is 376 g/mol. The summed E-state index contributed by atoms with van der Waals surface area (Å²) >= 11 is 0. The van der Waals surface area contributed by atoms with E-state index in [0.29, 0.717) is 50.8 Å². The quantitative estimate of drug-likeness (QED) is 0.759. The fourth-order valence-corrected chi connectivity index (χ4v) is 4.74. The second-order valence-corrected chi connectivity index (χ2v) is 8.13. The Hall–Kier alpha value is -1.93. The van der Waals surface area contributed by atoms with E-state index in [1.165, 1.54) is 6.39 Å². The van der Waals surface area contributed by atoms with Crippen molar-refractivity contribution in [3.63, 3.8) is 0 Å². The molecular weight excluding hydrogens is 348 g/mol. The van der Waals surface area contributed by atoms with Crippen LogP contribution in [-0.2, 0) is 9.53 Å². The molecule has 148 valence electrons. The minimum atomic E-state index is -0.0767. The second kappa shape index (κ2) is 7.24. The zero-order valence-corrected chi connectivity index (χ0v) is 16.1. The summed E-state index contributed by atoms with van der Waals surface area (Å²) < 4.78 is 10.6. The Kier molecular flexibility index (Phi) is 4.94. The van der Waals surface area contributed by atoms with Crippen LogP contribution in [0.15, 0.2) is 10.8 Å². The molecule has 2 amide bonds. The number of hydrogen-bond donors (Lipinski definition) is 0. The molecule has 0 radical (unpaired) electrons. The number of carbonyl (C=O) groups excluding carboxylic acids is 2. The average Bonchev–Trinajstić information content (AvgIpc) is 3.25. The number of rotatable bonds is 2. The van der Waals surface area contributed by atoms with Gasteiger partial charge in [0.25, 0.3) is 5.91 Å². The van der Waals surface area contributed by atoms with Crippen LogP contribution in [0.1, 0.15) is 35.5 Å². The van der Waals surface area contributed by atoms with Gasteiger partial charge in [-0.25, -0.2) is 4.98 Å².